The van der Waals surface area contributed by atoms with Gasteiger partial charge >= 0.3 is 6.03 Å². The van der Waals surface area contributed by atoms with Crippen LogP contribution >= 0.6 is 0 Å². The van der Waals surface area contributed by atoms with E-state index in [-0.39, 0.29) is 24.4 Å². The van der Waals surface area contributed by atoms with Crippen LogP contribution in [0.2, 0.25) is 0 Å². The summed E-state index contributed by atoms with van der Waals surface area (Å²) >= 11 is 0. The smallest absolute Gasteiger partial charge is 0.322 e. The monoisotopic (exact) mass is 522 g/mol. The molecule has 0 aliphatic carbocycles. The summed E-state index contributed by atoms with van der Waals surface area (Å²) in [5.41, 5.74) is 2.58. The second kappa shape index (κ2) is 10.3. The topological polar surface area (TPSA) is 82.2 Å². The Labute approximate surface area is 227 Å². The van der Waals surface area contributed by atoms with Crippen molar-refractivity contribution >= 4 is 17.8 Å². The molecule has 3 aliphatic rings. The first-order valence-corrected chi connectivity index (χ1v) is 13.3. The van der Waals surface area contributed by atoms with E-state index >= 15 is 0 Å². The van der Waals surface area contributed by atoms with Crippen molar-refractivity contribution in [3.8, 4) is 11.5 Å². The average molecular weight is 523 g/mol. The number of carbonyl (C=O) groups excluding carboxylic acids is 3. The van der Waals surface area contributed by atoms with Crippen molar-refractivity contribution in [2.45, 2.75) is 24.9 Å². The van der Waals surface area contributed by atoms with Crippen LogP contribution in [0, 0.1) is 0 Å². The Balaban J connectivity index is 1.35. The summed E-state index contributed by atoms with van der Waals surface area (Å²) in [5, 5.41) is 2.99. The molecule has 3 aliphatic heterocycles. The molecule has 4 amide bonds. The van der Waals surface area contributed by atoms with Gasteiger partial charge in [0.25, 0.3) is 5.91 Å². The number of nitrogens with one attached hydrogen (secondary N) is 1. The normalized spacial score (nSPS) is 19.7. The zero-order chi connectivity index (χ0) is 26.9. The number of likely N-dealkylation sites (N-methyl/N-ethyl adjacent to an activating group) is 1. The number of amides is 4. The van der Waals surface area contributed by atoms with Crippen LogP contribution in [0.25, 0.3) is 0 Å². The van der Waals surface area contributed by atoms with Gasteiger partial charge in [-0.1, -0.05) is 60.7 Å². The molecule has 0 spiro atoms. The summed E-state index contributed by atoms with van der Waals surface area (Å²) in [7, 11) is 1.66. The summed E-state index contributed by atoms with van der Waals surface area (Å²) < 4.78 is 6.02. The van der Waals surface area contributed by atoms with Gasteiger partial charge in [-0.2, -0.15) is 0 Å². The number of ether oxygens (including phenoxy) is 1. The first kappa shape index (κ1) is 24.7. The molecule has 1 saturated heterocycles. The van der Waals surface area contributed by atoms with E-state index in [1.165, 1.54) is 4.90 Å². The lowest BCUT2D eigenvalue weighted by molar-refractivity contribution is -0.142. The van der Waals surface area contributed by atoms with Gasteiger partial charge in [-0.15, -0.1) is 0 Å². The third kappa shape index (κ3) is 4.63. The first-order valence-electron chi connectivity index (χ1n) is 13.3. The van der Waals surface area contributed by atoms with Gasteiger partial charge < -0.3 is 19.9 Å². The third-order valence-electron chi connectivity index (χ3n) is 7.64. The number of rotatable bonds is 6. The molecule has 0 radical (unpaired) electrons. The summed E-state index contributed by atoms with van der Waals surface area (Å²) in [6.45, 7) is 1.55. The van der Waals surface area contributed by atoms with Gasteiger partial charge in [0.1, 0.15) is 17.5 Å². The Kier molecular flexibility index (Phi) is 6.52. The second-order valence-electron chi connectivity index (χ2n) is 10.1. The van der Waals surface area contributed by atoms with Crippen molar-refractivity contribution in [1.29, 1.82) is 0 Å². The SMILES string of the molecule is CN1C(=O)N[C@@H](c2cccc(Oc3ccccc3)c2)C2=C1CN([C@@H](C(=O)N1CCCC1)c1ccccc1)C2=O. The molecule has 0 saturated carbocycles. The van der Waals surface area contributed by atoms with Crippen molar-refractivity contribution in [2.75, 3.05) is 26.7 Å². The van der Waals surface area contributed by atoms with Crippen LogP contribution in [0.4, 0.5) is 4.79 Å². The largest absolute Gasteiger partial charge is 0.457 e. The predicted octanol–water partition coefficient (Wildman–Crippen LogP) is 4.64. The fourth-order valence-corrected chi connectivity index (χ4v) is 5.63. The highest BCUT2D eigenvalue weighted by atomic mass is 16.5. The van der Waals surface area contributed by atoms with E-state index in [4.69, 9.17) is 4.74 Å². The van der Waals surface area contributed by atoms with Crippen molar-refractivity contribution in [2.24, 2.45) is 0 Å². The minimum absolute atomic E-state index is 0.0800. The van der Waals surface area contributed by atoms with E-state index in [1.54, 1.807) is 11.9 Å². The van der Waals surface area contributed by atoms with Gasteiger partial charge in [-0.25, -0.2) is 4.79 Å². The quantitative estimate of drug-likeness (QED) is 0.512. The van der Waals surface area contributed by atoms with Crippen LogP contribution in [0.5, 0.6) is 11.5 Å². The Bertz CT molecular complexity index is 1430. The van der Waals surface area contributed by atoms with E-state index in [9.17, 15) is 14.4 Å². The number of benzene rings is 3. The van der Waals surface area contributed by atoms with Gasteiger partial charge in [0.2, 0.25) is 5.91 Å². The fourth-order valence-electron chi connectivity index (χ4n) is 5.63. The lowest BCUT2D eigenvalue weighted by Crippen LogP contribution is -2.45. The zero-order valence-electron chi connectivity index (χ0n) is 21.7. The minimum Gasteiger partial charge on any atom is -0.457 e. The van der Waals surface area contributed by atoms with Crippen molar-refractivity contribution in [1.82, 2.24) is 20.0 Å². The van der Waals surface area contributed by atoms with Gasteiger partial charge in [0.15, 0.2) is 0 Å². The predicted molar refractivity (Wildman–Crippen MR) is 146 cm³/mol. The molecule has 3 aromatic rings. The average Bonchev–Trinajstić information content (AvgIpc) is 3.62. The molecule has 3 aromatic carbocycles. The Morgan fingerprint density at radius 1 is 0.897 bits per heavy atom. The van der Waals surface area contributed by atoms with E-state index in [1.807, 2.05) is 89.8 Å². The number of urea groups is 1. The molecule has 1 N–H and O–H groups in total. The lowest BCUT2D eigenvalue weighted by Gasteiger charge is -2.31. The number of likely N-dealkylation sites (tertiary alicyclic amines) is 1. The highest BCUT2D eigenvalue weighted by Crippen LogP contribution is 2.40. The van der Waals surface area contributed by atoms with Crippen LogP contribution in [0.3, 0.4) is 0 Å². The minimum atomic E-state index is -0.765. The summed E-state index contributed by atoms with van der Waals surface area (Å²) in [6.07, 6.45) is 1.92. The number of nitrogens with zero attached hydrogens (tertiary/aromatic N) is 3. The standard InChI is InChI=1S/C31H30N4O4/c1-33-25-20-35(28(21-11-4-2-5-12-21)30(37)34-17-8-9-18-34)29(36)26(25)27(32-31(33)38)22-13-10-16-24(19-22)39-23-14-6-3-7-15-23/h2-7,10-16,19,27-28H,8-9,17-18,20H2,1H3,(H,32,38)/t27-,28+/m0/s1. The second-order valence-corrected chi connectivity index (χ2v) is 10.1. The zero-order valence-corrected chi connectivity index (χ0v) is 21.7. The van der Waals surface area contributed by atoms with Crippen molar-refractivity contribution in [3.05, 3.63) is 107 Å². The molecular formula is C31H30N4O4. The maximum Gasteiger partial charge on any atom is 0.322 e. The number of hydrogen-bond acceptors (Lipinski definition) is 4. The summed E-state index contributed by atoms with van der Waals surface area (Å²) in [4.78, 5) is 46.0. The molecule has 1 fully saturated rings. The van der Waals surface area contributed by atoms with Crippen LogP contribution in [-0.4, -0.2) is 59.2 Å². The number of hydrogen-bond donors (Lipinski definition) is 1. The molecule has 8 nitrogen and oxygen atoms in total. The van der Waals surface area contributed by atoms with E-state index < -0.39 is 12.1 Å². The molecule has 0 bridgehead atoms. The maximum absolute atomic E-state index is 14.2. The van der Waals surface area contributed by atoms with E-state index in [2.05, 4.69) is 5.32 Å². The Morgan fingerprint density at radius 2 is 1.56 bits per heavy atom. The fraction of sp³-hybridized carbons (Fsp3) is 0.258. The number of para-hydroxylation sites is 1. The molecule has 3 heterocycles. The molecule has 0 aromatic heterocycles. The molecule has 2 atom stereocenters. The Hall–Kier alpha value is -4.59. The van der Waals surface area contributed by atoms with Crippen LogP contribution in [0.15, 0.2) is 96.2 Å². The number of carbonyl (C=O) groups is 3. The van der Waals surface area contributed by atoms with E-state index in [0.717, 1.165) is 24.0 Å². The van der Waals surface area contributed by atoms with Crippen molar-refractivity contribution < 1.29 is 19.1 Å². The highest BCUT2D eigenvalue weighted by Gasteiger charge is 2.47. The Morgan fingerprint density at radius 3 is 2.28 bits per heavy atom. The van der Waals surface area contributed by atoms with Crippen LogP contribution in [-0.2, 0) is 9.59 Å². The first-order chi connectivity index (χ1) is 19.0. The summed E-state index contributed by atoms with van der Waals surface area (Å²) in [6, 6.07) is 24.5. The van der Waals surface area contributed by atoms with Crippen LogP contribution in [0.1, 0.15) is 36.1 Å². The molecule has 0 unspecified atom stereocenters. The summed E-state index contributed by atoms with van der Waals surface area (Å²) in [5.74, 6) is 0.959. The molecule has 8 heteroatoms. The molecule has 6 rings (SSSR count). The molecule has 39 heavy (non-hydrogen) atoms. The third-order valence-corrected chi connectivity index (χ3v) is 7.64. The van der Waals surface area contributed by atoms with Gasteiger partial charge in [0.05, 0.1) is 23.9 Å². The lowest BCUT2D eigenvalue weighted by atomic mass is 9.95. The van der Waals surface area contributed by atoms with Gasteiger partial charge in [0, 0.05) is 20.1 Å². The van der Waals surface area contributed by atoms with Gasteiger partial charge in [-0.3, -0.25) is 14.5 Å². The molecular weight excluding hydrogens is 492 g/mol. The van der Waals surface area contributed by atoms with Crippen molar-refractivity contribution in [3.63, 3.8) is 0 Å². The van der Waals surface area contributed by atoms with E-state index in [0.29, 0.717) is 35.9 Å². The molecule has 198 valence electrons. The maximum atomic E-state index is 14.2. The van der Waals surface area contributed by atoms with Gasteiger partial charge in [-0.05, 0) is 48.2 Å². The highest BCUT2D eigenvalue weighted by molar-refractivity contribution is 6.03. The van der Waals surface area contributed by atoms with Crippen LogP contribution < -0.4 is 10.1 Å².